The van der Waals surface area contributed by atoms with Crippen LogP contribution >= 0.6 is 12.6 Å². The quantitative estimate of drug-likeness (QED) is 0.803. The fourth-order valence-corrected chi connectivity index (χ4v) is 2.49. The van der Waals surface area contributed by atoms with Gasteiger partial charge in [-0.25, -0.2) is 4.39 Å². The van der Waals surface area contributed by atoms with Crippen molar-refractivity contribution in [1.29, 1.82) is 0 Å². The molecule has 1 saturated heterocycles. The Morgan fingerprint density at radius 3 is 2.50 bits per heavy atom. The van der Waals surface area contributed by atoms with Crippen molar-refractivity contribution in [2.24, 2.45) is 0 Å². The molecule has 0 aliphatic carbocycles. The maximum absolute atomic E-state index is 13.7. The molecule has 0 spiro atoms. The predicted molar refractivity (Wildman–Crippen MR) is 76.4 cm³/mol. The first-order valence-electron chi connectivity index (χ1n) is 6.52. The van der Waals surface area contributed by atoms with Crippen molar-refractivity contribution < 1.29 is 14.0 Å². The van der Waals surface area contributed by atoms with Gasteiger partial charge in [0.25, 0.3) is 5.91 Å². The molecule has 2 amide bonds. The molecule has 0 atom stereocenters. The molecule has 1 heterocycles. The van der Waals surface area contributed by atoms with E-state index in [4.69, 9.17) is 0 Å². The second-order valence-electron chi connectivity index (χ2n) is 4.82. The van der Waals surface area contributed by atoms with E-state index in [1.807, 2.05) is 0 Å². The number of thiol groups is 1. The number of rotatable bonds is 1. The maximum atomic E-state index is 13.7. The number of nitrogens with zero attached hydrogens (tertiary/aromatic N) is 2. The van der Waals surface area contributed by atoms with E-state index in [0.717, 1.165) is 0 Å². The van der Waals surface area contributed by atoms with Gasteiger partial charge in [-0.3, -0.25) is 9.59 Å². The Hall–Kier alpha value is -1.56. The van der Waals surface area contributed by atoms with Crippen LogP contribution in [-0.2, 0) is 4.79 Å². The minimum Gasteiger partial charge on any atom is -0.341 e. The lowest BCUT2D eigenvalue weighted by atomic mass is 10.2. The molecule has 1 aliphatic rings. The first-order chi connectivity index (χ1) is 9.49. The maximum Gasteiger partial charge on any atom is 0.256 e. The number of hydrogen-bond donors (Lipinski definition) is 1. The number of hydrogen-bond acceptors (Lipinski definition) is 3. The average Bonchev–Trinajstić information content (AvgIpc) is 2.66. The summed E-state index contributed by atoms with van der Waals surface area (Å²) in [4.78, 5) is 27.5. The van der Waals surface area contributed by atoms with E-state index in [0.29, 0.717) is 37.5 Å². The van der Waals surface area contributed by atoms with E-state index in [9.17, 15) is 14.0 Å². The van der Waals surface area contributed by atoms with Crippen molar-refractivity contribution >= 4 is 24.4 Å². The van der Waals surface area contributed by atoms with Crippen LogP contribution in [0.25, 0.3) is 0 Å². The highest BCUT2D eigenvalue weighted by atomic mass is 32.1. The number of amides is 2. The summed E-state index contributed by atoms with van der Waals surface area (Å²) >= 11 is 4.13. The fourth-order valence-electron chi connectivity index (χ4n) is 2.28. The summed E-state index contributed by atoms with van der Waals surface area (Å²) in [6.07, 6.45) is 0.702. The van der Waals surface area contributed by atoms with Gasteiger partial charge in [-0.05, 0) is 24.6 Å². The van der Waals surface area contributed by atoms with E-state index in [1.165, 1.54) is 25.1 Å². The normalized spacial score (nSPS) is 15.9. The topological polar surface area (TPSA) is 40.6 Å². The van der Waals surface area contributed by atoms with E-state index in [-0.39, 0.29) is 17.4 Å². The molecule has 6 heteroatoms. The van der Waals surface area contributed by atoms with Crippen LogP contribution in [0.2, 0.25) is 0 Å². The summed E-state index contributed by atoms with van der Waals surface area (Å²) in [6.45, 7) is 3.59. The second-order valence-corrected chi connectivity index (χ2v) is 5.33. The largest absolute Gasteiger partial charge is 0.341 e. The van der Waals surface area contributed by atoms with Crippen molar-refractivity contribution in [3.05, 3.63) is 29.6 Å². The molecule has 4 nitrogen and oxygen atoms in total. The summed E-state index contributed by atoms with van der Waals surface area (Å²) in [5, 5.41) is 0. The predicted octanol–water partition coefficient (Wildman–Crippen LogP) is 1.81. The molecule has 0 radical (unpaired) electrons. The standard InChI is InChI=1S/C14H17FN2O2S/c1-10(18)16-5-2-6-17(8-7-16)14(19)12-9-11(20)3-4-13(12)15/h3-4,9,20H,2,5-8H2,1H3. The number of carbonyl (C=O) groups excluding carboxylic acids is 2. The molecule has 1 aliphatic heterocycles. The molecule has 1 aromatic carbocycles. The third kappa shape index (κ3) is 3.30. The third-order valence-corrected chi connectivity index (χ3v) is 3.69. The Labute approximate surface area is 123 Å². The molecule has 1 fully saturated rings. The van der Waals surface area contributed by atoms with E-state index < -0.39 is 5.82 Å². The van der Waals surface area contributed by atoms with Gasteiger partial charge >= 0.3 is 0 Å². The highest BCUT2D eigenvalue weighted by Crippen LogP contribution is 2.16. The lowest BCUT2D eigenvalue weighted by Gasteiger charge is -2.21. The minimum absolute atomic E-state index is 0.00263. The number of carbonyl (C=O) groups is 2. The molecule has 0 bridgehead atoms. The van der Waals surface area contributed by atoms with Crippen LogP contribution in [0.4, 0.5) is 4.39 Å². The summed E-state index contributed by atoms with van der Waals surface area (Å²) in [5.41, 5.74) is 0.0359. The highest BCUT2D eigenvalue weighted by Gasteiger charge is 2.23. The fraction of sp³-hybridized carbons (Fsp3) is 0.429. The Kier molecular flexibility index (Phi) is 4.65. The van der Waals surface area contributed by atoms with Gasteiger partial charge in [-0.2, -0.15) is 0 Å². The summed E-state index contributed by atoms with van der Waals surface area (Å²) < 4.78 is 13.7. The van der Waals surface area contributed by atoms with Gasteiger partial charge in [0.05, 0.1) is 5.56 Å². The van der Waals surface area contributed by atoms with Gasteiger partial charge in [0, 0.05) is 38.0 Å². The molecular weight excluding hydrogens is 279 g/mol. The molecule has 0 N–H and O–H groups in total. The molecule has 20 heavy (non-hydrogen) atoms. The van der Waals surface area contributed by atoms with Gasteiger partial charge in [-0.15, -0.1) is 12.6 Å². The zero-order valence-electron chi connectivity index (χ0n) is 11.3. The van der Waals surface area contributed by atoms with Crippen molar-refractivity contribution in [2.45, 2.75) is 18.2 Å². The van der Waals surface area contributed by atoms with Gasteiger partial charge in [0.15, 0.2) is 0 Å². The van der Waals surface area contributed by atoms with Crippen molar-refractivity contribution in [2.75, 3.05) is 26.2 Å². The van der Waals surface area contributed by atoms with E-state index in [1.54, 1.807) is 9.80 Å². The minimum atomic E-state index is -0.541. The molecule has 0 unspecified atom stereocenters. The average molecular weight is 296 g/mol. The van der Waals surface area contributed by atoms with Crippen molar-refractivity contribution in [1.82, 2.24) is 9.80 Å². The molecular formula is C14H17FN2O2S. The van der Waals surface area contributed by atoms with Crippen LogP contribution in [0.5, 0.6) is 0 Å². The molecule has 1 aromatic rings. The second kappa shape index (κ2) is 6.26. The van der Waals surface area contributed by atoms with Gasteiger partial charge in [0.2, 0.25) is 5.91 Å². The summed E-state index contributed by atoms with van der Waals surface area (Å²) in [6, 6.07) is 4.19. The monoisotopic (exact) mass is 296 g/mol. The molecule has 0 saturated carbocycles. The van der Waals surface area contributed by atoms with E-state index >= 15 is 0 Å². The first-order valence-corrected chi connectivity index (χ1v) is 6.97. The first kappa shape index (κ1) is 14.8. The zero-order valence-corrected chi connectivity index (χ0v) is 12.2. The van der Waals surface area contributed by atoms with Crippen LogP contribution in [-0.4, -0.2) is 47.8 Å². The Morgan fingerprint density at radius 2 is 1.80 bits per heavy atom. The van der Waals surface area contributed by atoms with Gasteiger partial charge < -0.3 is 9.80 Å². The van der Waals surface area contributed by atoms with Crippen molar-refractivity contribution in [3.8, 4) is 0 Å². The zero-order chi connectivity index (χ0) is 14.7. The van der Waals surface area contributed by atoms with Crippen molar-refractivity contribution in [3.63, 3.8) is 0 Å². The summed E-state index contributed by atoms with van der Waals surface area (Å²) in [7, 11) is 0. The molecule has 108 valence electrons. The van der Waals surface area contributed by atoms with E-state index in [2.05, 4.69) is 12.6 Å². The smallest absolute Gasteiger partial charge is 0.256 e. The van der Waals surface area contributed by atoms with Crippen LogP contribution < -0.4 is 0 Å². The summed E-state index contributed by atoms with van der Waals surface area (Å²) in [5.74, 6) is -0.882. The SMILES string of the molecule is CC(=O)N1CCCN(C(=O)c2cc(S)ccc2F)CC1. The Morgan fingerprint density at radius 1 is 1.15 bits per heavy atom. The Bertz CT molecular complexity index is 536. The number of halogens is 1. The highest BCUT2D eigenvalue weighted by molar-refractivity contribution is 7.80. The van der Waals surface area contributed by atoms with Crippen LogP contribution in [0.3, 0.4) is 0 Å². The van der Waals surface area contributed by atoms with Gasteiger partial charge in [0.1, 0.15) is 5.82 Å². The molecule has 2 rings (SSSR count). The lowest BCUT2D eigenvalue weighted by Crippen LogP contribution is -2.36. The van der Waals surface area contributed by atoms with Gasteiger partial charge in [-0.1, -0.05) is 0 Å². The van der Waals surface area contributed by atoms with Crippen LogP contribution in [0.15, 0.2) is 23.1 Å². The number of benzene rings is 1. The molecule has 0 aromatic heterocycles. The lowest BCUT2D eigenvalue weighted by molar-refractivity contribution is -0.128. The third-order valence-electron chi connectivity index (χ3n) is 3.41. The Balaban J connectivity index is 2.13. The van der Waals surface area contributed by atoms with Crippen LogP contribution in [0.1, 0.15) is 23.7 Å². The van der Waals surface area contributed by atoms with Crippen LogP contribution in [0, 0.1) is 5.82 Å².